The zero-order valence-corrected chi connectivity index (χ0v) is 9.39. The van der Waals surface area contributed by atoms with Gasteiger partial charge in [0.1, 0.15) is 0 Å². The molecule has 0 amide bonds. The molecular formula is C12H18N2. The molecule has 2 nitrogen and oxygen atoms in total. The minimum atomic E-state index is 0.164. The van der Waals surface area contributed by atoms with Crippen molar-refractivity contribution < 1.29 is 0 Å². The molecule has 0 bridgehead atoms. The summed E-state index contributed by atoms with van der Waals surface area (Å²) < 4.78 is 0. The maximum absolute atomic E-state index is 3.55. The van der Waals surface area contributed by atoms with Crippen molar-refractivity contribution in [3.05, 3.63) is 23.8 Å². The molecule has 0 aliphatic carbocycles. The zero-order valence-electron chi connectivity index (χ0n) is 9.39. The summed E-state index contributed by atoms with van der Waals surface area (Å²) in [4.78, 5) is 2.32. The third kappa shape index (κ3) is 1.57. The normalized spacial score (nSPS) is 18.7. The van der Waals surface area contributed by atoms with Crippen LogP contribution >= 0.6 is 0 Å². The van der Waals surface area contributed by atoms with E-state index in [1.807, 2.05) is 0 Å². The molecule has 1 heterocycles. The molecule has 1 aliphatic rings. The highest BCUT2D eigenvalue weighted by Crippen LogP contribution is 2.33. The lowest BCUT2D eigenvalue weighted by molar-refractivity contribution is 0.550. The molecule has 2 heteroatoms. The van der Waals surface area contributed by atoms with Crippen molar-refractivity contribution in [2.45, 2.75) is 26.3 Å². The highest BCUT2D eigenvalue weighted by Gasteiger charge is 2.26. The maximum atomic E-state index is 3.55. The molecule has 0 aromatic heterocycles. The highest BCUT2D eigenvalue weighted by atomic mass is 15.2. The molecule has 76 valence electrons. The molecular weight excluding hydrogens is 172 g/mol. The van der Waals surface area contributed by atoms with Crippen LogP contribution in [0, 0.1) is 6.92 Å². The third-order valence-corrected chi connectivity index (χ3v) is 2.67. The molecule has 1 aliphatic heterocycles. The summed E-state index contributed by atoms with van der Waals surface area (Å²) >= 11 is 0. The first-order valence-electron chi connectivity index (χ1n) is 5.08. The molecule has 0 fully saturated rings. The van der Waals surface area contributed by atoms with E-state index in [0.717, 1.165) is 6.54 Å². The smallest absolute Gasteiger partial charge is 0.0603 e. The summed E-state index contributed by atoms with van der Waals surface area (Å²) in [5.41, 5.74) is 4.03. The minimum Gasteiger partial charge on any atom is -0.377 e. The molecule has 0 spiro atoms. The molecule has 1 N–H and O–H groups in total. The zero-order chi connectivity index (χ0) is 10.3. The number of hydrogen-bond acceptors (Lipinski definition) is 2. The van der Waals surface area contributed by atoms with Gasteiger partial charge in [-0.25, -0.2) is 0 Å². The maximum Gasteiger partial charge on any atom is 0.0603 e. The quantitative estimate of drug-likeness (QED) is 0.676. The predicted molar refractivity (Wildman–Crippen MR) is 62.2 cm³/mol. The fourth-order valence-electron chi connectivity index (χ4n) is 2.15. The Kier molecular flexibility index (Phi) is 1.95. The second kappa shape index (κ2) is 2.91. The minimum absolute atomic E-state index is 0.164. The first-order valence-corrected chi connectivity index (χ1v) is 5.08. The fourth-order valence-corrected chi connectivity index (χ4v) is 2.15. The lowest BCUT2D eigenvalue weighted by Gasteiger charge is -2.40. The number of anilines is 2. The highest BCUT2D eigenvalue weighted by molar-refractivity contribution is 5.73. The van der Waals surface area contributed by atoms with E-state index in [0.29, 0.717) is 0 Å². The SMILES string of the molecule is Cc1ccc2c(c1)N(C)CC(C)(C)N2. The van der Waals surface area contributed by atoms with Crippen LogP contribution in [0.2, 0.25) is 0 Å². The van der Waals surface area contributed by atoms with Gasteiger partial charge in [-0.2, -0.15) is 0 Å². The monoisotopic (exact) mass is 190 g/mol. The van der Waals surface area contributed by atoms with Gasteiger partial charge in [0.15, 0.2) is 0 Å². The predicted octanol–water partition coefficient (Wildman–Crippen LogP) is 2.64. The van der Waals surface area contributed by atoms with Gasteiger partial charge in [-0.3, -0.25) is 0 Å². The second-order valence-corrected chi connectivity index (χ2v) is 4.89. The Bertz CT molecular complexity index is 355. The van der Waals surface area contributed by atoms with Crippen molar-refractivity contribution >= 4 is 11.4 Å². The molecule has 1 aromatic rings. The van der Waals surface area contributed by atoms with Gasteiger partial charge in [0, 0.05) is 19.1 Å². The lowest BCUT2D eigenvalue weighted by atomic mass is 9.99. The molecule has 1 aromatic carbocycles. The summed E-state index contributed by atoms with van der Waals surface area (Å²) in [6, 6.07) is 6.56. The van der Waals surface area contributed by atoms with E-state index < -0.39 is 0 Å². The van der Waals surface area contributed by atoms with Crippen LogP contribution < -0.4 is 10.2 Å². The Morgan fingerprint density at radius 3 is 2.79 bits per heavy atom. The van der Waals surface area contributed by atoms with Crippen LogP contribution in [0.3, 0.4) is 0 Å². The number of likely N-dealkylation sites (N-methyl/N-ethyl adjacent to an activating group) is 1. The number of rotatable bonds is 0. The number of hydrogen-bond donors (Lipinski definition) is 1. The van der Waals surface area contributed by atoms with Crippen LogP contribution in [-0.4, -0.2) is 19.1 Å². The van der Waals surface area contributed by atoms with Crippen LogP contribution in [0.25, 0.3) is 0 Å². The molecule has 0 saturated heterocycles. The van der Waals surface area contributed by atoms with Gasteiger partial charge >= 0.3 is 0 Å². The average Bonchev–Trinajstić information content (AvgIpc) is 2.05. The largest absolute Gasteiger partial charge is 0.377 e. The van der Waals surface area contributed by atoms with Crippen molar-refractivity contribution in [1.82, 2.24) is 0 Å². The van der Waals surface area contributed by atoms with Gasteiger partial charge in [-0.1, -0.05) is 6.07 Å². The van der Waals surface area contributed by atoms with Crippen LogP contribution in [0.4, 0.5) is 11.4 Å². The van der Waals surface area contributed by atoms with Crippen LogP contribution in [0.5, 0.6) is 0 Å². The summed E-state index contributed by atoms with van der Waals surface area (Å²) in [7, 11) is 2.15. The van der Waals surface area contributed by atoms with Crippen molar-refractivity contribution in [3.63, 3.8) is 0 Å². The van der Waals surface area contributed by atoms with Gasteiger partial charge in [0.05, 0.1) is 11.4 Å². The van der Waals surface area contributed by atoms with Crippen LogP contribution in [0.15, 0.2) is 18.2 Å². The summed E-state index contributed by atoms with van der Waals surface area (Å²) in [5.74, 6) is 0. The van der Waals surface area contributed by atoms with Crippen molar-refractivity contribution in [3.8, 4) is 0 Å². The van der Waals surface area contributed by atoms with Crippen molar-refractivity contribution in [1.29, 1.82) is 0 Å². The van der Waals surface area contributed by atoms with E-state index in [2.05, 4.69) is 56.2 Å². The standard InChI is InChI=1S/C12H18N2/c1-9-5-6-10-11(7-9)14(4)8-12(2,3)13-10/h5-7,13H,8H2,1-4H3. The van der Waals surface area contributed by atoms with Crippen molar-refractivity contribution in [2.24, 2.45) is 0 Å². The second-order valence-electron chi connectivity index (χ2n) is 4.89. The molecule has 0 radical (unpaired) electrons. The first-order chi connectivity index (χ1) is 6.48. The van der Waals surface area contributed by atoms with E-state index in [1.165, 1.54) is 16.9 Å². The molecule has 0 saturated carbocycles. The average molecular weight is 190 g/mol. The van der Waals surface area contributed by atoms with Gasteiger partial charge in [-0.05, 0) is 38.5 Å². The number of fused-ring (bicyclic) bond motifs is 1. The van der Waals surface area contributed by atoms with Crippen LogP contribution in [-0.2, 0) is 0 Å². The number of benzene rings is 1. The van der Waals surface area contributed by atoms with Gasteiger partial charge in [-0.15, -0.1) is 0 Å². The van der Waals surface area contributed by atoms with Gasteiger partial charge in [0.25, 0.3) is 0 Å². The Hall–Kier alpha value is -1.18. The van der Waals surface area contributed by atoms with E-state index in [1.54, 1.807) is 0 Å². The summed E-state index contributed by atoms with van der Waals surface area (Å²) in [6.45, 7) is 7.63. The van der Waals surface area contributed by atoms with E-state index in [4.69, 9.17) is 0 Å². The fraction of sp³-hybridized carbons (Fsp3) is 0.500. The van der Waals surface area contributed by atoms with E-state index in [9.17, 15) is 0 Å². The van der Waals surface area contributed by atoms with Gasteiger partial charge < -0.3 is 10.2 Å². The Balaban J connectivity index is 2.45. The van der Waals surface area contributed by atoms with E-state index in [-0.39, 0.29) is 5.54 Å². The summed E-state index contributed by atoms with van der Waals surface area (Å²) in [5, 5.41) is 3.55. The van der Waals surface area contributed by atoms with Crippen molar-refractivity contribution in [2.75, 3.05) is 23.8 Å². The Labute approximate surface area is 85.9 Å². The molecule has 14 heavy (non-hydrogen) atoms. The Morgan fingerprint density at radius 2 is 2.07 bits per heavy atom. The topological polar surface area (TPSA) is 15.3 Å². The summed E-state index contributed by atoms with van der Waals surface area (Å²) in [6.07, 6.45) is 0. The third-order valence-electron chi connectivity index (χ3n) is 2.67. The lowest BCUT2D eigenvalue weighted by Crippen LogP contribution is -2.46. The van der Waals surface area contributed by atoms with Crippen LogP contribution in [0.1, 0.15) is 19.4 Å². The molecule has 0 unspecified atom stereocenters. The molecule has 0 atom stereocenters. The first kappa shape index (κ1) is 9.38. The number of nitrogens with one attached hydrogen (secondary N) is 1. The number of aryl methyl sites for hydroxylation is 1. The number of nitrogens with zero attached hydrogens (tertiary/aromatic N) is 1. The van der Waals surface area contributed by atoms with Gasteiger partial charge in [0.2, 0.25) is 0 Å². The van der Waals surface area contributed by atoms with E-state index >= 15 is 0 Å². The Morgan fingerprint density at radius 1 is 1.36 bits per heavy atom. The molecule has 2 rings (SSSR count).